The fraction of sp³-hybridized carbons (Fsp3) is 0.909. The molecule has 14 heavy (non-hydrogen) atoms. The molecular formula is C11H18N2O. The lowest BCUT2D eigenvalue weighted by atomic mass is 9.89. The van der Waals surface area contributed by atoms with Crippen LogP contribution in [0.15, 0.2) is 4.99 Å². The SMILES string of the molecule is NC(=NCC1CC2CCC1O2)C1CC1. The van der Waals surface area contributed by atoms with E-state index in [4.69, 9.17) is 10.5 Å². The molecule has 3 fully saturated rings. The highest BCUT2D eigenvalue weighted by Gasteiger charge is 2.40. The highest BCUT2D eigenvalue weighted by molar-refractivity contribution is 5.84. The molecule has 2 aliphatic heterocycles. The van der Waals surface area contributed by atoms with Crippen LogP contribution in [-0.4, -0.2) is 24.6 Å². The van der Waals surface area contributed by atoms with Gasteiger partial charge in [-0.1, -0.05) is 0 Å². The van der Waals surface area contributed by atoms with E-state index in [1.807, 2.05) is 0 Å². The average molecular weight is 194 g/mol. The lowest BCUT2D eigenvalue weighted by molar-refractivity contribution is 0.0937. The standard InChI is InChI=1S/C11H18N2O/c12-11(7-1-2-7)13-6-8-5-9-3-4-10(8)14-9/h7-10H,1-6H2,(H2,12,13). The third kappa shape index (κ3) is 1.54. The molecule has 3 atom stereocenters. The molecule has 0 aromatic heterocycles. The smallest absolute Gasteiger partial charge is 0.0968 e. The zero-order chi connectivity index (χ0) is 9.54. The molecule has 2 heterocycles. The largest absolute Gasteiger partial charge is 0.387 e. The van der Waals surface area contributed by atoms with Crippen molar-refractivity contribution in [3.63, 3.8) is 0 Å². The second-order valence-electron chi connectivity index (χ2n) is 4.91. The Bertz CT molecular complexity index is 260. The second-order valence-corrected chi connectivity index (χ2v) is 4.91. The monoisotopic (exact) mass is 194 g/mol. The predicted octanol–water partition coefficient (Wildman–Crippen LogP) is 1.32. The van der Waals surface area contributed by atoms with Gasteiger partial charge in [-0.3, -0.25) is 4.99 Å². The van der Waals surface area contributed by atoms with E-state index in [1.54, 1.807) is 0 Å². The minimum Gasteiger partial charge on any atom is -0.387 e. The first-order valence-electron chi connectivity index (χ1n) is 5.78. The number of ether oxygens (including phenoxy) is 1. The molecule has 3 unspecified atom stereocenters. The third-order valence-electron chi connectivity index (χ3n) is 3.74. The van der Waals surface area contributed by atoms with Crippen LogP contribution in [0.2, 0.25) is 0 Å². The van der Waals surface area contributed by atoms with Crippen molar-refractivity contribution >= 4 is 5.84 Å². The fourth-order valence-electron chi connectivity index (χ4n) is 2.67. The van der Waals surface area contributed by atoms with Crippen molar-refractivity contribution in [3.8, 4) is 0 Å². The normalized spacial score (nSPS) is 42.0. The molecule has 1 saturated carbocycles. The van der Waals surface area contributed by atoms with Gasteiger partial charge in [0, 0.05) is 18.4 Å². The van der Waals surface area contributed by atoms with E-state index >= 15 is 0 Å². The van der Waals surface area contributed by atoms with Gasteiger partial charge in [-0.2, -0.15) is 0 Å². The van der Waals surface area contributed by atoms with Gasteiger partial charge in [0.25, 0.3) is 0 Å². The van der Waals surface area contributed by atoms with Crippen molar-refractivity contribution in [2.75, 3.05) is 6.54 Å². The molecule has 1 aliphatic carbocycles. The molecule has 0 amide bonds. The van der Waals surface area contributed by atoms with Gasteiger partial charge in [0.05, 0.1) is 18.0 Å². The maximum atomic E-state index is 5.86. The zero-order valence-electron chi connectivity index (χ0n) is 8.48. The molecule has 0 spiro atoms. The van der Waals surface area contributed by atoms with Crippen molar-refractivity contribution in [1.82, 2.24) is 0 Å². The summed E-state index contributed by atoms with van der Waals surface area (Å²) in [6, 6.07) is 0. The van der Waals surface area contributed by atoms with Crippen molar-refractivity contribution in [2.24, 2.45) is 22.6 Å². The summed E-state index contributed by atoms with van der Waals surface area (Å²) >= 11 is 0. The van der Waals surface area contributed by atoms with Crippen molar-refractivity contribution in [3.05, 3.63) is 0 Å². The fourth-order valence-corrected chi connectivity index (χ4v) is 2.67. The Hall–Kier alpha value is -0.570. The van der Waals surface area contributed by atoms with E-state index in [0.717, 1.165) is 12.4 Å². The van der Waals surface area contributed by atoms with Gasteiger partial charge in [0.15, 0.2) is 0 Å². The first kappa shape index (κ1) is 8.72. The van der Waals surface area contributed by atoms with E-state index in [-0.39, 0.29) is 0 Å². The first-order chi connectivity index (χ1) is 6.83. The lowest BCUT2D eigenvalue weighted by Crippen LogP contribution is -2.22. The van der Waals surface area contributed by atoms with Crippen LogP contribution in [0.4, 0.5) is 0 Å². The molecule has 0 radical (unpaired) electrons. The predicted molar refractivity (Wildman–Crippen MR) is 55.2 cm³/mol. The summed E-state index contributed by atoms with van der Waals surface area (Å²) in [6.07, 6.45) is 7.27. The first-order valence-corrected chi connectivity index (χ1v) is 5.78. The van der Waals surface area contributed by atoms with Crippen LogP contribution in [0.25, 0.3) is 0 Å². The Kier molecular flexibility index (Phi) is 2.01. The Morgan fingerprint density at radius 1 is 1.29 bits per heavy atom. The highest BCUT2D eigenvalue weighted by Crippen LogP contribution is 2.39. The Morgan fingerprint density at radius 2 is 2.14 bits per heavy atom. The van der Waals surface area contributed by atoms with Gasteiger partial charge in [0.1, 0.15) is 0 Å². The van der Waals surface area contributed by atoms with Gasteiger partial charge in [0.2, 0.25) is 0 Å². The van der Waals surface area contributed by atoms with Crippen LogP contribution in [0.5, 0.6) is 0 Å². The molecule has 0 aromatic rings. The van der Waals surface area contributed by atoms with Gasteiger partial charge in [-0.15, -0.1) is 0 Å². The van der Waals surface area contributed by atoms with E-state index < -0.39 is 0 Å². The summed E-state index contributed by atoms with van der Waals surface area (Å²) in [4.78, 5) is 4.50. The maximum Gasteiger partial charge on any atom is 0.0968 e. The molecule has 2 N–H and O–H groups in total. The third-order valence-corrected chi connectivity index (χ3v) is 3.74. The van der Waals surface area contributed by atoms with E-state index in [1.165, 1.54) is 32.1 Å². The van der Waals surface area contributed by atoms with Crippen LogP contribution in [-0.2, 0) is 4.74 Å². The molecule has 78 valence electrons. The van der Waals surface area contributed by atoms with Gasteiger partial charge >= 0.3 is 0 Å². The van der Waals surface area contributed by atoms with Crippen molar-refractivity contribution in [2.45, 2.75) is 44.3 Å². The number of hydrogen-bond donors (Lipinski definition) is 1. The van der Waals surface area contributed by atoms with Crippen molar-refractivity contribution < 1.29 is 4.74 Å². The number of nitrogens with two attached hydrogens (primary N) is 1. The number of fused-ring (bicyclic) bond motifs is 2. The summed E-state index contributed by atoms with van der Waals surface area (Å²) in [5.74, 6) is 2.17. The number of amidine groups is 1. The summed E-state index contributed by atoms with van der Waals surface area (Å²) in [6.45, 7) is 0.906. The van der Waals surface area contributed by atoms with Crippen LogP contribution < -0.4 is 5.73 Å². The van der Waals surface area contributed by atoms with E-state index in [9.17, 15) is 0 Å². The highest BCUT2D eigenvalue weighted by atomic mass is 16.5. The Labute approximate surface area is 84.7 Å². The minimum atomic E-state index is 0.496. The van der Waals surface area contributed by atoms with Crippen LogP contribution in [0.3, 0.4) is 0 Å². The number of hydrogen-bond acceptors (Lipinski definition) is 2. The molecule has 3 rings (SSSR count). The number of nitrogens with zero attached hydrogens (tertiary/aromatic N) is 1. The quantitative estimate of drug-likeness (QED) is 0.544. The molecule has 0 aromatic carbocycles. The minimum absolute atomic E-state index is 0.496. The van der Waals surface area contributed by atoms with E-state index in [0.29, 0.717) is 24.0 Å². The van der Waals surface area contributed by atoms with E-state index in [2.05, 4.69) is 4.99 Å². The lowest BCUT2D eigenvalue weighted by Gasteiger charge is -2.16. The molecule has 3 heteroatoms. The van der Waals surface area contributed by atoms with Crippen molar-refractivity contribution in [1.29, 1.82) is 0 Å². The van der Waals surface area contributed by atoms with Gasteiger partial charge < -0.3 is 10.5 Å². The van der Waals surface area contributed by atoms with Crippen LogP contribution >= 0.6 is 0 Å². The van der Waals surface area contributed by atoms with Gasteiger partial charge in [-0.05, 0) is 32.1 Å². The summed E-state index contributed by atoms with van der Waals surface area (Å²) in [7, 11) is 0. The molecule has 3 nitrogen and oxygen atoms in total. The van der Waals surface area contributed by atoms with Gasteiger partial charge in [-0.25, -0.2) is 0 Å². The summed E-state index contributed by atoms with van der Waals surface area (Å²) in [5.41, 5.74) is 5.86. The molecule has 2 bridgehead atoms. The number of aliphatic imine (C=N–C) groups is 1. The van der Waals surface area contributed by atoms with Crippen LogP contribution in [0, 0.1) is 11.8 Å². The van der Waals surface area contributed by atoms with Crippen LogP contribution in [0.1, 0.15) is 32.1 Å². The Morgan fingerprint density at radius 3 is 2.71 bits per heavy atom. The zero-order valence-corrected chi connectivity index (χ0v) is 8.48. The molecule has 2 saturated heterocycles. The topological polar surface area (TPSA) is 47.6 Å². The molecular weight excluding hydrogens is 176 g/mol. The molecule has 3 aliphatic rings. The Balaban J connectivity index is 1.55. The summed E-state index contributed by atoms with van der Waals surface area (Å²) < 4.78 is 5.78. The second kappa shape index (κ2) is 3.23. The number of rotatable bonds is 3. The summed E-state index contributed by atoms with van der Waals surface area (Å²) in [5, 5.41) is 0. The maximum absolute atomic E-state index is 5.86. The average Bonchev–Trinajstić information content (AvgIpc) is 2.85.